The van der Waals surface area contributed by atoms with Gasteiger partial charge in [0, 0.05) is 38.8 Å². The number of carbonyl (C=O) groups is 2. The van der Waals surface area contributed by atoms with Crippen molar-refractivity contribution in [3.63, 3.8) is 0 Å². The van der Waals surface area contributed by atoms with Crippen molar-refractivity contribution in [3.8, 4) is 0 Å². The fourth-order valence-corrected chi connectivity index (χ4v) is 2.91. The van der Waals surface area contributed by atoms with Crippen LogP contribution in [0.2, 0.25) is 0 Å². The quantitative estimate of drug-likeness (QED) is 0.920. The van der Waals surface area contributed by atoms with Crippen molar-refractivity contribution < 1.29 is 9.59 Å². The van der Waals surface area contributed by atoms with Crippen molar-refractivity contribution in [2.75, 3.05) is 39.8 Å². The van der Waals surface area contributed by atoms with Crippen LogP contribution in [0.25, 0.3) is 10.8 Å². The van der Waals surface area contributed by atoms with E-state index >= 15 is 0 Å². The average molecular weight is 348 g/mol. The first-order chi connectivity index (χ1) is 11.2. The van der Waals surface area contributed by atoms with Gasteiger partial charge in [-0.05, 0) is 16.8 Å². The molecule has 2 aromatic carbocycles. The van der Waals surface area contributed by atoms with Crippen LogP contribution in [0.3, 0.4) is 0 Å². The van der Waals surface area contributed by atoms with E-state index in [1.807, 2.05) is 47.4 Å². The minimum absolute atomic E-state index is 0. The zero-order valence-electron chi connectivity index (χ0n) is 13.7. The molecular weight excluding hydrogens is 326 g/mol. The Balaban J connectivity index is 0.00000208. The maximum absolute atomic E-state index is 12.7. The normalized spacial score (nSPS) is 14.1. The predicted molar refractivity (Wildman–Crippen MR) is 97.6 cm³/mol. The Labute approximate surface area is 148 Å². The number of halogens is 1. The van der Waals surface area contributed by atoms with E-state index in [0.717, 1.165) is 23.9 Å². The fourth-order valence-electron chi connectivity index (χ4n) is 2.91. The number of hydrogen-bond acceptors (Lipinski definition) is 3. The standard InChI is InChI=1S/C18H21N3O2.ClH/c1-20(13-17(22)21-11-9-19-10-12-21)18(23)16-8-4-6-14-5-2-3-7-15(14)16;/h2-8,19H,9-13H2,1H3;1H. The third kappa shape index (κ3) is 3.86. The third-order valence-corrected chi connectivity index (χ3v) is 4.21. The Morgan fingerprint density at radius 2 is 1.75 bits per heavy atom. The lowest BCUT2D eigenvalue weighted by Crippen LogP contribution is -2.49. The number of likely N-dealkylation sites (N-methyl/N-ethyl adjacent to an activating group) is 1. The zero-order valence-corrected chi connectivity index (χ0v) is 14.5. The lowest BCUT2D eigenvalue weighted by molar-refractivity contribution is -0.132. The number of amides is 2. The van der Waals surface area contributed by atoms with Gasteiger partial charge in [0.25, 0.3) is 5.91 Å². The van der Waals surface area contributed by atoms with E-state index in [9.17, 15) is 9.59 Å². The lowest BCUT2D eigenvalue weighted by Gasteiger charge is -2.29. The van der Waals surface area contributed by atoms with E-state index in [-0.39, 0.29) is 30.8 Å². The number of piperazine rings is 1. The Morgan fingerprint density at radius 3 is 2.50 bits per heavy atom. The molecular formula is C18H22ClN3O2. The van der Waals surface area contributed by atoms with Crippen molar-refractivity contribution in [2.45, 2.75) is 0 Å². The SMILES string of the molecule is CN(CC(=O)N1CCNCC1)C(=O)c1cccc2ccccc12.Cl. The first-order valence-electron chi connectivity index (χ1n) is 7.88. The van der Waals surface area contributed by atoms with Crippen molar-refractivity contribution in [1.82, 2.24) is 15.1 Å². The summed E-state index contributed by atoms with van der Waals surface area (Å²) >= 11 is 0. The molecule has 1 N–H and O–H groups in total. The molecule has 0 unspecified atom stereocenters. The van der Waals surface area contributed by atoms with Crippen LogP contribution in [0.5, 0.6) is 0 Å². The van der Waals surface area contributed by atoms with E-state index < -0.39 is 0 Å². The molecule has 0 radical (unpaired) electrons. The minimum Gasteiger partial charge on any atom is -0.339 e. The minimum atomic E-state index is -0.120. The maximum Gasteiger partial charge on any atom is 0.254 e. The number of carbonyl (C=O) groups excluding carboxylic acids is 2. The van der Waals surface area contributed by atoms with Crippen LogP contribution in [0.1, 0.15) is 10.4 Å². The molecule has 0 bridgehead atoms. The number of fused-ring (bicyclic) bond motifs is 1. The largest absolute Gasteiger partial charge is 0.339 e. The molecule has 3 rings (SSSR count). The summed E-state index contributed by atoms with van der Waals surface area (Å²) in [6, 6.07) is 13.5. The van der Waals surface area contributed by atoms with Crippen LogP contribution in [0.15, 0.2) is 42.5 Å². The van der Waals surface area contributed by atoms with Crippen LogP contribution in [-0.2, 0) is 4.79 Å². The molecule has 1 fully saturated rings. The van der Waals surface area contributed by atoms with E-state index in [2.05, 4.69) is 5.32 Å². The fraction of sp³-hybridized carbons (Fsp3) is 0.333. The Morgan fingerprint density at radius 1 is 1.08 bits per heavy atom. The molecule has 0 spiro atoms. The highest BCUT2D eigenvalue weighted by molar-refractivity contribution is 6.07. The predicted octanol–water partition coefficient (Wildman–Crippen LogP) is 1.77. The molecule has 128 valence electrons. The molecule has 5 nitrogen and oxygen atoms in total. The topological polar surface area (TPSA) is 52.7 Å². The van der Waals surface area contributed by atoms with Crippen LogP contribution in [0, 0.1) is 0 Å². The van der Waals surface area contributed by atoms with E-state index in [1.54, 1.807) is 7.05 Å². The van der Waals surface area contributed by atoms with Gasteiger partial charge in [0.15, 0.2) is 0 Å². The number of benzene rings is 2. The molecule has 0 aliphatic carbocycles. The van der Waals surface area contributed by atoms with Crippen LogP contribution >= 0.6 is 12.4 Å². The molecule has 0 aromatic heterocycles. The van der Waals surface area contributed by atoms with Crippen LogP contribution < -0.4 is 5.32 Å². The maximum atomic E-state index is 12.7. The second-order valence-electron chi connectivity index (χ2n) is 5.82. The second-order valence-corrected chi connectivity index (χ2v) is 5.82. The average Bonchev–Trinajstić information content (AvgIpc) is 2.61. The highest BCUT2D eigenvalue weighted by Gasteiger charge is 2.21. The highest BCUT2D eigenvalue weighted by Crippen LogP contribution is 2.19. The summed E-state index contributed by atoms with van der Waals surface area (Å²) in [6.07, 6.45) is 0. The number of nitrogens with one attached hydrogen (secondary N) is 1. The summed E-state index contributed by atoms with van der Waals surface area (Å²) < 4.78 is 0. The van der Waals surface area contributed by atoms with E-state index in [0.29, 0.717) is 18.7 Å². The summed E-state index contributed by atoms with van der Waals surface area (Å²) in [4.78, 5) is 28.3. The van der Waals surface area contributed by atoms with Crippen molar-refractivity contribution in [1.29, 1.82) is 0 Å². The van der Waals surface area contributed by atoms with E-state index in [1.165, 1.54) is 4.90 Å². The molecule has 6 heteroatoms. The summed E-state index contributed by atoms with van der Waals surface area (Å²) in [6.45, 7) is 3.14. The molecule has 1 aliphatic heterocycles. The summed E-state index contributed by atoms with van der Waals surface area (Å²) in [5.41, 5.74) is 0.638. The van der Waals surface area contributed by atoms with Crippen molar-refractivity contribution in [3.05, 3.63) is 48.0 Å². The smallest absolute Gasteiger partial charge is 0.254 e. The van der Waals surface area contributed by atoms with Gasteiger partial charge in [-0.1, -0.05) is 36.4 Å². The van der Waals surface area contributed by atoms with Gasteiger partial charge in [-0.15, -0.1) is 12.4 Å². The molecule has 0 saturated carbocycles. The molecule has 1 saturated heterocycles. The zero-order chi connectivity index (χ0) is 16.2. The molecule has 2 amide bonds. The van der Waals surface area contributed by atoms with Gasteiger partial charge in [-0.3, -0.25) is 9.59 Å². The summed E-state index contributed by atoms with van der Waals surface area (Å²) in [5.74, 6) is -0.118. The Bertz CT molecular complexity index is 724. The molecule has 0 atom stereocenters. The Kier molecular flexibility index (Phi) is 6.17. The number of rotatable bonds is 3. The lowest BCUT2D eigenvalue weighted by atomic mass is 10.0. The van der Waals surface area contributed by atoms with Gasteiger partial charge < -0.3 is 15.1 Å². The first kappa shape index (κ1) is 18.2. The summed E-state index contributed by atoms with van der Waals surface area (Å²) in [5, 5.41) is 5.16. The molecule has 1 heterocycles. The second kappa shape index (κ2) is 8.13. The van der Waals surface area contributed by atoms with Gasteiger partial charge in [0.2, 0.25) is 5.91 Å². The highest BCUT2D eigenvalue weighted by atomic mass is 35.5. The number of nitrogens with zero attached hydrogens (tertiary/aromatic N) is 2. The third-order valence-electron chi connectivity index (χ3n) is 4.21. The molecule has 24 heavy (non-hydrogen) atoms. The van der Waals surface area contributed by atoms with Crippen molar-refractivity contribution >= 4 is 35.0 Å². The van der Waals surface area contributed by atoms with Crippen molar-refractivity contribution in [2.24, 2.45) is 0 Å². The van der Waals surface area contributed by atoms with Gasteiger partial charge in [-0.25, -0.2) is 0 Å². The van der Waals surface area contributed by atoms with Gasteiger partial charge in [0.1, 0.15) is 0 Å². The van der Waals surface area contributed by atoms with Gasteiger partial charge >= 0.3 is 0 Å². The summed E-state index contributed by atoms with van der Waals surface area (Å²) in [7, 11) is 1.68. The Hall–Kier alpha value is -2.11. The van der Waals surface area contributed by atoms with Gasteiger partial charge in [0.05, 0.1) is 6.54 Å². The van der Waals surface area contributed by atoms with Crippen LogP contribution in [-0.4, -0.2) is 61.4 Å². The van der Waals surface area contributed by atoms with E-state index in [4.69, 9.17) is 0 Å². The van der Waals surface area contributed by atoms with Crippen LogP contribution in [0.4, 0.5) is 0 Å². The van der Waals surface area contributed by atoms with Gasteiger partial charge in [-0.2, -0.15) is 0 Å². The first-order valence-corrected chi connectivity index (χ1v) is 7.88. The monoisotopic (exact) mass is 347 g/mol. The molecule has 2 aromatic rings. The molecule has 1 aliphatic rings. The number of hydrogen-bond donors (Lipinski definition) is 1.